The van der Waals surface area contributed by atoms with Crippen LogP contribution in [0.3, 0.4) is 0 Å². The molecule has 8 heterocycles. The minimum absolute atomic E-state index is 0.0171. The summed E-state index contributed by atoms with van der Waals surface area (Å²) in [5.41, 5.74) is 5.98. The van der Waals surface area contributed by atoms with Crippen molar-refractivity contribution in [3.05, 3.63) is 88.9 Å². The lowest BCUT2D eigenvalue weighted by Crippen LogP contribution is -2.59. The number of anilines is 1. The van der Waals surface area contributed by atoms with Crippen molar-refractivity contribution in [3.63, 3.8) is 0 Å². The van der Waals surface area contributed by atoms with Crippen molar-refractivity contribution in [1.82, 2.24) is 50.6 Å². The van der Waals surface area contributed by atoms with Crippen LogP contribution in [0.2, 0.25) is 0 Å². The highest BCUT2D eigenvalue weighted by Gasteiger charge is 2.45. The van der Waals surface area contributed by atoms with Crippen molar-refractivity contribution in [2.75, 3.05) is 70.4 Å². The Balaban J connectivity index is 0.652. The molecule has 3 aromatic carbocycles. The molecule has 2 bridgehead atoms. The molecule has 82 heavy (non-hydrogen) atoms. The standard InChI is InChI=1S/C63H80FN11O6S/c1-7-41-9-8-10-44-28-47(76)29-49(53(41)44)55-54(64)56-50(31-65-55)59(74-32-45-15-16-46(33-74)68-45)71-62(70-56)81-26-25-72-21-17-39(18-22-72)27-40-19-23-73(24-20-40)35-52(78)69-58(63(4,5)6)61(80)75-34-48(77)30-51(75)60(79)67-37(2)42-11-13-43(14-12-42)57-38(3)66-36-82-57/h8-14,28-29,31,36-37,39-40,45-46,48,51,58,68,76-77H,7,15-27,30,32-35H2,1-6H3,(H,67,79)(H,69,78)/t37-,45?,46?,48+,51-,58+/m0/s1. The number of benzene rings is 3. The van der Waals surface area contributed by atoms with Crippen LogP contribution in [0.5, 0.6) is 11.8 Å². The van der Waals surface area contributed by atoms with Crippen LogP contribution in [0.25, 0.3) is 43.4 Å². The Morgan fingerprint density at radius 3 is 2.28 bits per heavy atom. The number of amides is 3. The number of β-amino-alcohol motifs (C(OH)–C–C–N with tert-alkyl or cyclic N) is 1. The van der Waals surface area contributed by atoms with Crippen molar-refractivity contribution in [3.8, 4) is 33.5 Å². The van der Waals surface area contributed by atoms with E-state index in [9.17, 15) is 24.6 Å². The number of pyridine rings is 1. The van der Waals surface area contributed by atoms with Gasteiger partial charge in [0, 0.05) is 56.4 Å². The molecule has 436 valence electrons. The number of halogens is 1. The van der Waals surface area contributed by atoms with Gasteiger partial charge in [0.1, 0.15) is 41.5 Å². The molecule has 5 N–H and O–H groups in total. The number of hydrogen-bond donors (Lipinski definition) is 5. The molecule has 5 aliphatic rings. The van der Waals surface area contributed by atoms with Gasteiger partial charge in [-0.25, -0.2) is 9.37 Å². The van der Waals surface area contributed by atoms with Crippen LogP contribution >= 0.6 is 11.3 Å². The summed E-state index contributed by atoms with van der Waals surface area (Å²) in [6.07, 6.45) is 9.20. The second-order valence-corrected chi connectivity index (χ2v) is 25.7. The smallest absolute Gasteiger partial charge is 0.319 e. The van der Waals surface area contributed by atoms with E-state index >= 15 is 4.39 Å². The number of carbonyl (C=O) groups is 3. The minimum atomic E-state index is -0.891. The van der Waals surface area contributed by atoms with Crippen LogP contribution in [0.15, 0.2) is 66.3 Å². The first-order valence-corrected chi connectivity index (χ1v) is 30.6. The van der Waals surface area contributed by atoms with Gasteiger partial charge >= 0.3 is 6.01 Å². The lowest BCUT2D eigenvalue weighted by molar-refractivity contribution is -0.144. The third-order valence-electron chi connectivity index (χ3n) is 18.0. The maximum Gasteiger partial charge on any atom is 0.319 e. The molecule has 2 unspecified atom stereocenters. The number of phenolic OH excluding ortho intramolecular Hbond substituents is 1. The van der Waals surface area contributed by atoms with Crippen molar-refractivity contribution in [2.45, 2.75) is 136 Å². The zero-order valence-electron chi connectivity index (χ0n) is 48.3. The fourth-order valence-corrected chi connectivity index (χ4v) is 14.3. The van der Waals surface area contributed by atoms with E-state index in [1.54, 1.807) is 29.7 Å². The Morgan fingerprint density at radius 1 is 0.902 bits per heavy atom. The number of rotatable bonds is 17. The molecule has 0 spiro atoms. The molecule has 5 aliphatic heterocycles. The summed E-state index contributed by atoms with van der Waals surface area (Å²) >= 11 is 1.59. The van der Waals surface area contributed by atoms with E-state index in [2.05, 4.69) is 42.6 Å². The summed E-state index contributed by atoms with van der Waals surface area (Å²) in [6, 6.07) is 15.9. The summed E-state index contributed by atoms with van der Waals surface area (Å²) in [4.78, 5) is 70.1. The molecular formula is C63H80FN11O6S. The van der Waals surface area contributed by atoms with E-state index < -0.39 is 29.4 Å². The number of piperazine rings is 1. The molecule has 11 rings (SSSR count). The fourth-order valence-electron chi connectivity index (χ4n) is 13.4. The van der Waals surface area contributed by atoms with Gasteiger partial charge in [0.05, 0.1) is 40.2 Å². The predicted molar refractivity (Wildman–Crippen MR) is 318 cm³/mol. The van der Waals surface area contributed by atoms with E-state index in [4.69, 9.17) is 19.7 Å². The summed E-state index contributed by atoms with van der Waals surface area (Å²) in [7, 11) is 0. The summed E-state index contributed by atoms with van der Waals surface area (Å²) < 4.78 is 23.5. The van der Waals surface area contributed by atoms with Gasteiger partial charge in [-0.2, -0.15) is 9.97 Å². The van der Waals surface area contributed by atoms with Crippen molar-refractivity contribution in [2.24, 2.45) is 17.3 Å². The maximum atomic E-state index is 17.1. The lowest BCUT2D eigenvalue weighted by Gasteiger charge is -2.37. The maximum absolute atomic E-state index is 17.1. The second-order valence-electron chi connectivity index (χ2n) is 24.9. The van der Waals surface area contributed by atoms with Crippen LogP contribution in [0.1, 0.15) is 109 Å². The number of carbonyl (C=O) groups excluding carboxylic acids is 3. The number of thiazole rings is 1. The van der Waals surface area contributed by atoms with E-state index in [-0.39, 0.29) is 66.2 Å². The molecule has 17 nitrogen and oxygen atoms in total. The number of aromatic nitrogens is 4. The molecule has 0 saturated carbocycles. The number of phenols is 1. The molecule has 3 amide bonds. The van der Waals surface area contributed by atoms with Gasteiger partial charge in [-0.05, 0) is 148 Å². The van der Waals surface area contributed by atoms with E-state index in [0.717, 1.165) is 129 Å². The molecule has 6 aromatic rings. The summed E-state index contributed by atoms with van der Waals surface area (Å²) in [6.45, 7) is 18.0. The number of fused-ring (bicyclic) bond motifs is 4. The number of likely N-dealkylation sites (tertiary alicyclic amines) is 3. The Hall–Kier alpha value is -6.38. The summed E-state index contributed by atoms with van der Waals surface area (Å²) in [5, 5.41) is 33.6. The highest BCUT2D eigenvalue weighted by Crippen LogP contribution is 2.40. The van der Waals surface area contributed by atoms with Crippen molar-refractivity contribution < 1.29 is 33.7 Å². The normalized spacial score (nSPS) is 22.0. The number of aliphatic hydroxyl groups is 1. The number of piperidine rings is 2. The number of ether oxygens (including phenoxy) is 1. The number of nitrogens with zero attached hydrogens (tertiary/aromatic N) is 8. The first-order valence-electron chi connectivity index (χ1n) is 29.7. The average Bonchev–Trinajstić information content (AvgIpc) is 4.01. The van der Waals surface area contributed by atoms with Gasteiger partial charge in [0.15, 0.2) is 5.82 Å². The van der Waals surface area contributed by atoms with Gasteiger partial charge in [-0.1, -0.05) is 70.2 Å². The van der Waals surface area contributed by atoms with Crippen molar-refractivity contribution in [1.29, 1.82) is 0 Å². The molecule has 19 heteroatoms. The zero-order chi connectivity index (χ0) is 57.4. The molecule has 3 aromatic heterocycles. The first-order chi connectivity index (χ1) is 39.5. The Kier molecular flexibility index (Phi) is 17.1. The Bertz CT molecular complexity index is 3270. The van der Waals surface area contributed by atoms with Crippen LogP contribution in [0.4, 0.5) is 10.2 Å². The third kappa shape index (κ3) is 12.6. The Morgan fingerprint density at radius 2 is 1.61 bits per heavy atom. The van der Waals surface area contributed by atoms with E-state index in [0.29, 0.717) is 53.8 Å². The number of nitrogens with one attached hydrogen (secondary N) is 3. The second kappa shape index (κ2) is 24.4. The van der Waals surface area contributed by atoms with Crippen LogP contribution in [0, 0.1) is 30.0 Å². The zero-order valence-corrected chi connectivity index (χ0v) is 49.1. The van der Waals surface area contributed by atoms with Crippen molar-refractivity contribution >= 4 is 56.6 Å². The van der Waals surface area contributed by atoms with Crippen LogP contribution < -0.4 is 25.6 Å². The highest BCUT2D eigenvalue weighted by atomic mass is 32.1. The number of hydrogen-bond acceptors (Lipinski definition) is 15. The average molecular weight is 1140 g/mol. The quantitative estimate of drug-likeness (QED) is 0.0585. The number of aryl methyl sites for hydroxylation is 2. The van der Waals surface area contributed by atoms with Gasteiger partial charge < -0.3 is 40.7 Å². The first kappa shape index (κ1) is 57.4. The van der Waals surface area contributed by atoms with Gasteiger partial charge in [0.25, 0.3) is 0 Å². The van der Waals surface area contributed by atoms with Gasteiger partial charge in [0.2, 0.25) is 17.7 Å². The minimum Gasteiger partial charge on any atom is -0.508 e. The molecular weight excluding hydrogens is 1060 g/mol. The summed E-state index contributed by atoms with van der Waals surface area (Å²) in [5.74, 6) is 0.365. The highest BCUT2D eigenvalue weighted by molar-refractivity contribution is 7.13. The number of aromatic hydroxyl groups is 1. The predicted octanol–water partition coefficient (Wildman–Crippen LogP) is 8.19. The van der Waals surface area contributed by atoms with Crippen LogP contribution in [-0.2, 0) is 20.8 Å². The molecule has 0 radical (unpaired) electrons. The number of aliphatic hydroxyl groups excluding tert-OH is 1. The van der Waals surface area contributed by atoms with Gasteiger partial charge in [-0.3, -0.25) is 29.2 Å². The third-order valence-corrected chi connectivity index (χ3v) is 19.0. The lowest BCUT2D eigenvalue weighted by atomic mass is 9.83. The fraction of sp³-hybridized carbons (Fsp3) is 0.540. The van der Waals surface area contributed by atoms with E-state index in [1.165, 1.54) is 4.90 Å². The molecule has 6 atom stereocenters. The SMILES string of the molecule is CCc1cccc2cc(O)cc(-c3ncc4c(N5CC6CCC(C5)N6)nc(OCCN5CCC(CC6CCN(CC(=O)N[C@H](C(=O)N7C[C@H](O)C[C@H]7C(=O)N[C@@H](C)c7ccc(-c8scnc8C)cc7)C(C)(C)C)CC6)CC5)nc4c3F)c12. The monoisotopic (exact) mass is 1140 g/mol. The Labute approximate surface area is 484 Å². The van der Waals surface area contributed by atoms with Gasteiger partial charge in [-0.15, -0.1) is 11.3 Å². The molecule has 5 saturated heterocycles. The van der Waals surface area contributed by atoms with E-state index in [1.807, 2.05) is 82.6 Å². The largest absolute Gasteiger partial charge is 0.508 e. The van der Waals surface area contributed by atoms with Crippen LogP contribution in [-0.4, -0.2) is 158 Å². The molecule has 5 fully saturated rings. The topological polar surface area (TPSA) is 202 Å². The molecule has 0 aliphatic carbocycles.